The van der Waals surface area contributed by atoms with Gasteiger partial charge in [0.25, 0.3) is 0 Å². The van der Waals surface area contributed by atoms with Gasteiger partial charge in [0.05, 0.1) is 7.11 Å². The number of methoxy groups -OCH3 is 1. The third-order valence-electron chi connectivity index (χ3n) is 6.52. The summed E-state index contributed by atoms with van der Waals surface area (Å²) in [5, 5.41) is 11.8. The molecule has 0 radical (unpaired) electrons. The van der Waals surface area contributed by atoms with E-state index in [0.29, 0.717) is 6.61 Å². The SMILES string of the molecule is COc1ccc(-c2ccc3cc(O)ccc3c2Oc2ccc(OCCN3CCCCC3)cc2)cc1. The number of phenols is 1. The minimum absolute atomic E-state index is 0.228. The molecular formula is C30H31NO4. The number of likely N-dealkylation sites (tertiary alicyclic amines) is 1. The second-order valence-corrected chi connectivity index (χ2v) is 8.90. The highest BCUT2D eigenvalue weighted by atomic mass is 16.5. The molecule has 0 atom stereocenters. The van der Waals surface area contributed by atoms with Crippen molar-refractivity contribution in [3.8, 4) is 39.9 Å². The summed E-state index contributed by atoms with van der Waals surface area (Å²) in [7, 11) is 1.66. The Bertz CT molecular complexity index is 1260. The molecule has 1 heterocycles. The molecule has 0 saturated carbocycles. The van der Waals surface area contributed by atoms with E-state index < -0.39 is 0 Å². The predicted molar refractivity (Wildman–Crippen MR) is 140 cm³/mol. The highest BCUT2D eigenvalue weighted by Gasteiger charge is 2.14. The Morgan fingerprint density at radius 2 is 1.49 bits per heavy atom. The molecule has 0 aromatic heterocycles. The average Bonchev–Trinajstić information content (AvgIpc) is 2.90. The van der Waals surface area contributed by atoms with Gasteiger partial charge in [-0.25, -0.2) is 0 Å². The highest BCUT2D eigenvalue weighted by Crippen LogP contribution is 2.41. The molecule has 1 fully saturated rings. The first-order valence-corrected chi connectivity index (χ1v) is 12.2. The van der Waals surface area contributed by atoms with E-state index in [-0.39, 0.29) is 5.75 Å². The van der Waals surface area contributed by atoms with Gasteiger partial charge in [-0.1, -0.05) is 24.6 Å². The van der Waals surface area contributed by atoms with Crippen LogP contribution in [0.3, 0.4) is 0 Å². The largest absolute Gasteiger partial charge is 0.508 e. The number of phenolic OH excluding ortho intramolecular Hbond substituents is 1. The summed E-state index contributed by atoms with van der Waals surface area (Å²) in [5.41, 5.74) is 1.99. The highest BCUT2D eigenvalue weighted by molar-refractivity contribution is 5.96. The first kappa shape index (κ1) is 23.1. The van der Waals surface area contributed by atoms with Gasteiger partial charge >= 0.3 is 0 Å². The predicted octanol–water partition coefficient (Wildman–Crippen LogP) is 6.88. The molecule has 5 nitrogen and oxygen atoms in total. The molecule has 1 aliphatic rings. The minimum Gasteiger partial charge on any atom is -0.508 e. The van der Waals surface area contributed by atoms with Gasteiger partial charge in [0.15, 0.2) is 0 Å². The maximum absolute atomic E-state index is 9.97. The van der Waals surface area contributed by atoms with E-state index >= 15 is 0 Å². The van der Waals surface area contributed by atoms with Crippen molar-refractivity contribution in [1.29, 1.82) is 0 Å². The summed E-state index contributed by atoms with van der Waals surface area (Å²) in [6.45, 7) is 4.01. The van der Waals surface area contributed by atoms with Crippen molar-refractivity contribution in [3.63, 3.8) is 0 Å². The summed E-state index contributed by atoms with van der Waals surface area (Å²) in [4.78, 5) is 2.47. The second-order valence-electron chi connectivity index (χ2n) is 8.90. The van der Waals surface area contributed by atoms with Gasteiger partial charge in [0.1, 0.15) is 35.4 Å². The zero-order chi connectivity index (χ0) is 24.0. The summed E-state index contributed by atoms with van der Waals surface area (Å²) in [6, 6.07) is 25.1. The molecule has 0 amide bonds. The van der Waals surface area contributed by atoms with E-state index in [2.05, 4.69) is 4.90 Å². The molecule has 0 spiro atoms. The lowest BCUT2D eigenvalue weighted by Crippen LogP contribution is -2.33. The summed E-state index contributed by atoms with van der Waals surface area (Å²) >= 11 is 0. The van der Waals surface area contributed by atoms with E-state index in [9.17, 15) is 5.11 Å². The van der Waals surface area contributed by atoms with Crippen LogP contribution in [0.4, 0.5) is 0 Å². The van der Waals surface area contributed by atoms with Gasteiger partial charge in [0, 0.05) is 17.5 Å². The molecule has 0 aliphatic carbocycles. The first-order valence-electron chi connectivity index (χ1n) is 12.2. The lowest BCUT2D eigenvalue weighted by atomic mass is 9.99. The van der Waals surface area contributed by atoms with Crippen LogP contribution in [0.5, 0.6) is 28.7 Å². The van der Waals surface area contributed by atoms with Crippen LogP contribution >= 0.6 is 0 Å². The van der Waals surface area contributed by atoms with Crippen molar-refractivity contribution < 1.29 is 19.3 Å². The topological polar surface area (TPSA) is 51.2 Å². The molecule has 35 heavy (non-hydrogen) atoms. The van der Waals surface area contributed by atoms with Crippen LogP contribution in [0.2, 0.25) is 0 Å². The Hall–Kier alpha value is -3.70. The van der Waals surface area contributed by atoms with Crippen LogP contribution < -0.4 is 14.2 Å². The first-order chi connectivity index (χ1) is 17.2. The number of benzene rings is 4. The molecule has 180 valence electrons. The second kappa shape index (κ2) is 10.7. The fraction of sp³-hybridized carbons (Fsp3) is 0.267. The fourth-order valence-electron chi connectivity index (χ4n) is 4.59. The van der Waals surface area contributed by atoms with Crippen molar-refractivity contribution >= 4 is 10.8 Å². The van der Waals surface area contributed by atoms with Gasteiger partial charge in [-0.15, -0.1) is 0 Å². The Labute approximate surface area is 206 Å². The van der Waals surface area contributed by atoms with Crippen LogP contribution in [0.1, 0.15) is 19.3 Å². The van der Waals surface area contributed by atoms with Gasteiger partial charge in [-0.2, -0.15) is 0 Å². The number of hydrogen-bond acceptors (Lipinski definition) is 5. The Kier molecular flexibility index (Phi) is 7.05. The molecule has 1 aliphatic heterocycles. The standard InChI is InChI=1S/C30H31NO4/c1-33-25-9-5-22(6-10-25)28-15-7-23-21-24(32)8-16-29(23)30(28)35-27-13-11-26(12-14-27)34-20-19-31-17-3-2-4-18-31/h5-16,21,32H,2-4,17-20H2,1H3. The van der Waals surface area contributed by atoms with E-state index in [1.807, 2.05) is 66.7 Å². The molecule has 1 saturated heterocycles. The van der Waals surface area contributed by atoms with E-state index in [1.54, 1.807) is 19.2 Å². The Morgan fingerprint density at radius 3 is 2.23 bits per heavy atom. The molecular weight excluding hydrogens is 438 g/mol. The van der Waals surface area contributed by atoms with Crippen molar-refractivity contribution in [2.75, 3.05) is 33.4 Å². The zero-order valence-electron chi connectivity index (χ0n) is 20.1. The molecule has 5 rings (SSSR count). The smallest absolute Gasteiger partial charge is 0.143 e. The fourth-order valence-corrected chi connectivity index (χ4v) is 4.59. The average molecular weight is 470 g/mol. The molecule has 4 aromatic rings. The monoisotopic (exact) mass is 469 g/mol. The van der Waals surface area contributed by atoms with Crippen molar-refractivity contribution in [2.24, 2.45) is 0 Å². The maximum atomic E-state index is 9.97. The van der Waals surface area contributed by atoms with Crippen LogP contribution in [0, 0.1) is 0 Å². The molecule has 0 bridgehead atoms. The van der Waals surface area contributed by atoms with E-state index in [4.69, 9.17) is 14.2 Å². The van der Waals surface area contributed by atoms with Gasteiger partial charge in [-0.05, 0) is 97.5 Å². The summed E-state index contributed by atoms with van der Waals surface area (Å²) < 4.78 is 17.7. The summed E-state index contributed by atoms with van der Waals surface area (Å²) in [5.74, 6) is 3.34. The molecule has 0 unspecified atom stereocenters. The normalized spacial score (nSPS) is 14.1. The number of hydrogen-bond donors (Lipinski definition) is 1. The number of aromatic hydroxyl groups is 1. The summed E-state index contributed by atoms with van der Waals surface area (Å²) in [6.07, 6.45) is 3.92. The number of nitrogens with zero attached hydrogens (tertiary/aromatic N) is 1. The number of fused-ring (bicyclic) bond motifs is 1. The van der Waals surface area contributed by atoms with Crippen LogP contribution in [-0.4, -0.2) is 43.4 Å². The van der Waals surface area contributed by atoms with Crippen molar-refractivity contribution in [1.82, 2.24) is 4.90 Å². The van der Waals surface area contributed by atoms with Gasteiger partial charge in [0.2, 0.25) is 0 Å². The van der Waals surface area contributed by atoms with Gasteiger partial charge in [-0.3, -0.25) is 4.90 Å². The maximum Gasteiger partial charge on any atom is 0.143 e. The van der Waals surface area contributed by atoms with Crippen molar-refractivity contribution in [2.45, 2.75) is 19.3 Å². The molecule has 4 aromatic carbocycles. The third-order valence-corrected chi connectivity index (χ3v) is 6.52. The Morgan fingerprint density at radius 1 is 0.771 bits per heavy atom. The minimum atomic E-state index is 0.228. The third kappa shape index (κ3) is 5.52. The molecule has 1 N–H and O–H groups in total. The lowest BCUT2D eigenvalue weighted by molar-refractivity contribution is 0.183. The van der Waals surface area contributed by atoms with Crippen LogP contribution in [-0.2, 0) is 0 Å². The quantitative estimate of drug-likeness (QED) is 0.305. The number of piperidine rings is 1. The Balaban J connectivity index is 1.37. The number of rotatable bonds is 8. The molecule has 5 heteroatoms. The van der Waals surface area contributed by atoms with Crippen LogP contribution in [0.25, 0.3) is 21.9 Å². The zero-order valence-corrected chi connectivity index (χ0v) is 20.1. The van der Waals surface area contributed by atoms with Crippen molar-refractivity contribution in [3.05, 3.63) is 78.9 Å². The lowest BCUT2D eigenvalue weighted by Gasteiger charge is -2.26. The van der Waals surface area contributed by atoms with E-state index in [0.717, 1.165) is 51.4 Å². The van der Waals surface area contributed by atoms with E-state index in [1.165, 1.54) is 32.4 Å². The van der Waals surface area contributed by atoms with Gasteiger partial charge < -0.3 is 19.3 Å². The van der Waals surface area contributed by atoms with Crippen LogP contribution in [0.15, 0.2) is 78.9 Å². The number of ether oxygens (including phenoxy) is 3.